The smallest absolute Gasteiger partial charge is 0.158 e. The summed E-state index contributed by atoms with van der Waals surface area (Å²) in [5, 5.41) is 4.54. The SMILES string of the molecule is CCCc1nc(N(C)C)c2c(n1)c(C)nn2CC. The van der Waals surface area contributed by atoms with E-state index in [9.17, 15) is 0 Å². The van der Waals surface area contributed by atoms with Crippen molar-refractivity contribution in [1.82, 2.24) is 19.7 Å². The summed E-state index contributed by atoms with van der Waals surface area (Å²) in [6.07, 6.45) is 1.97. The Kier molecular flexibility index (Phi) is 3.50. The first-order valence-corrected chi connectivity index (χ1v) is 6.49. The van der Waals surface area contributed by atoms with Gasteiger partial charge in [0.1, 0.15) is 16.9 Å². The summed E-state index contributed by atoms with van der Waals surface area (Å²) in [5.41, 5.74) is 3.01. The van der Waals surface area contributed by atoms with Crippen LogP contribution < -0.4 is 4.90 Å². The second kappa shape index (κ2) is 4.92. The predicted molar refractivity (Wildman–Crippen MR) is 74.1 cm³/mol. The summed E-state index contributed by atoms with van der Waals surface area (Å²) < 4.78 is 1.98. The van der Waals surface area contributed by atoms with Gasteiger partial charge in [0, 0.05) is 27.1 Å². The van der Waals surface area contributed by atoms with E-state index in [1.165, 1.54) is 0 Å². The third-order valence-corrected chi connectivity index (χ3v) is 2.98. The van der Waals surface area contributed by atoms with Crippen LogP contribution in [0.3, 0.4) is 0 Å². The quantitative estimate of drug-likeness (QED) is 0.830. The van der Waals surface area contributed by atoms with Gasteiger partial charge in [0.15, 0.2) is 5.82 Å². The molecule has 0 aromatic carbocycles. The van der Waals surface area contributed by atoms with Crippen LogP contribution in [0.1, 0.15) is 31.8 Å². The molecule has 0 aliphatic heterocycles. The van der Waals surface area contributed by atoms with Crippen molar-refractivity contribution in [2.45, 2.75) is 40.2 Å². The lowest BCUT2D eigenvalue weighted by Crippen LogP contribution is -2.14. The van der Waals surface area contributed by atoms with E-state index in [4.69, 9.17) is 0 Å². The summed E-state index contributed by atoms with van der Waals surface area (Å²) in [7, 11) is 4.03. The highest BCUT2D eigenvalue weighted by atomic mass is 15.3. The molecule has 2 aromatic heterocycles. The number of aromatic nitrogens is 4. The molecule has 0 aliphatic rings. The lowest BCUT2D eigenvalue weighted by atomic mass is 10.3. The molecule has 0 radical (unpaired) electrons. The van der Waals surface area contributed by atoms with Crippen molar-refractivity contribution in [2.24, 2.45) is 0 Å². The van der Waals surface area contributed by atoms with Gasteiger partial charge in [-0.3, -0.25) is 4.68 Å². The van der Waals surface area contributed by atoms with Crippen LogP contribution in [-0.4, -0.2) is 33.8 Å². The Morgan fingerprint density at radius 2 is 1.89 bits per heavy atom. The largest absolute Gasteiger partial charge is 0.361 e. The molecule has 0 bridgehead atoms. The van der Waals surface area contributed by atoms with Gasteiger partial charge in [-0.25, -0.2) is 9.97 Å². The Bertz CT molecular complexity index is 556. The Hall–Kier alpha value is -1.65. The molecule has 2 aromatic rings. The number of nitrogens with zero attached hydrogens (tertiary/aromatic N) is 5. The molecule has 2 rings (SSSR count). The van der Waals surface area contributed by atoms with Crippen LogP contribution in [-0.2, 0) is 13.0 Å². The molecule has 0 atom stereocenters. The number of hydrogen-bond donors (Lipinski definition) is 0. The van der Waals surface area contributed by atoms with E-state index in [0.29, 0.717) is 0 Å². The molecule has 0 unspecified atom stereocenters. The first-order valence-electron chi connectivity index (χ1n) is 6.49. The monoisotopic (exact) mass is 247 g/mol. The third-order valence-electron chi connectivity index (χ3n) is 2.98. The van der Waals surface area contributed by atoms with Crippen molar-refractivity contribution in [3.63, 3.8) is 0 Å². The second-order valence-electron chi connectivity index (χ2n) is 4.71. The van der Waals surface area contributed by atoms with Gasteiger partial charge in [0.05, 0.1) is 5.69 Å². The molecule has 18 heavy (non-hydrogen) atoms. The minimum Gasteiger partial charge on any atom is -0.361 e. The Morgan fingerprint density at radius 3 is 2.44 bits per heavy atom. The van der Waals surface area contributed by atoms with Gasteiger partial charge < -0.3 is 4.90 Å². The van der Waals surface area contributed by atoms with Crippen molar-refractivity contribution in [3.8, 4) is 0 Å². The number of fused-ring (bicyclic) bond motifs is 1. The molecule has 5 nitrogen and oxygen atoms in total. The highest BCUT2D eigenvalue weighted by Gasteiger charge is 2.16. The van der Waals surface area contributed by atoms with Crippen molar-refractivity contribution in [1.29, 1.82) is 0 Å². The van der Waals surface area contributed by atoms with Crippen LogP contribution in [0.4, 0.5) is 5.82 Å². The highest BCUT2D eigenvalue weighted by Crippen LogP contribution is 2.25. The van der Waals surface area contributed by atoms with Crippen LogP contribution in [0.15, 0.2) is 0 Å². The van der Waals surface area contributed by atoms with Gasteiger partial charge in [-0.05, 0) is 20.3 Å². The number of anilines is 1. The molecule has 0 fully saturated rings. The fraction of sp³-hybridized carbons (Fsp3) is 0.615. The van der Waals surface area contributed by atoms with Crippen LogP contribution in [0.5, 0.6) is 0 Å². The van der Waals surface area contributed by atoms with E-state index in [1.54, 1.807) is 0 Å². The normalized spacial score (nSPS) is 11.2. The van der Waals surface area contributed by atoms with Crippen molar-refractivity contribution in [2.75, 3.05) is 19.0 Å². The number of aryl methyl sites for hydroxylation is 3. The average Bonchev–Trinajstić information content (AvgIpc) is 2.66. The zero-order chi connectivity index (χ0) is 13.3. The van der Waals surface area contributed by atoms with Gasteiger partial charge in [0.25, 0.3) is 0 Å². The molecule has 0 amide bonds. The zero-order valence-corrected chi connectivity index (χ0v) is 11.9. The average molecular weight is 247 g/mol. The lowest BCUT2D eigenvalue weighted by molar-refractivity contribution is 0.674. The zero-order valence-electron chi connectivity index (χ0n) is 11.9. The van der Waals surface area contributed by atoms with Crippen LogP contribution in [0, 0.1) is 6.92 Å². The van der Waals surface area contributed by atoms with E-state index in [1.807, 2.05) is 30.6 Å². The molecule has 0 N–H and O–H groups in total. The van der Waals surface area contributed by atoms with Crippen LogP contribution in [0.2, 0.25) is 0 Å². The Morgan fingerprint density at radius 1 is 1.17 bits per heavy atom. The van der Waals surface area contributed by atoms with Crippen molar-refractivity contribution in [3.05, 3.63) is 11.5 Å². The number of rotatable bonds is 4. The molecule has 5 heteroatoms. The van der Waals surface area contributed by atoms with Crippen molar-refractivity contribution >= 4 is 16.9 Å². The van der Waals surface area contributed by atoms with Gasteiger partial charge in [-0.1, -0.05) is 6.92 Å². The van der Waals surface area contributed by atoms with Gasteiger partial charge >= 0.3 is 0 Å². The third kappa shape index (κ3) is 2.05. The standard InChI is InChI=1S/C13H21N5/c1-6-8-10-14-11-9(3)16-18(7-2)12(11)13(15-10)17(4)5/h6-8H2,1-5H3. The molecular formula is C13H21N5. The van der Waals surface area contributed by atoms with E-state index < -0.39 is 0 Å². The minimum atomic E-state index is 0.835. The summed E-state index contributed by atoms with van der Waals surface area (Å²) in [6.45, 7) is 7.08. The van der Waals surface area contributed by atoms with E-state index >= 15 is 0 Å². The Labute approximate surface area is 108 Å². The molecule has 98 valence electrons. The van der Waals surface area contributed by atoms with E-state index in [2.05, 4.69) is 28.9 Å². The summed E-state index contributed by atoms with van der Waals surface area (Å²) >= 11 is 0. The fourth-order valence-corrected chi connectivity index (χ4v) is 2.13. The maximum Gasteiger partial charge on any atom is 0.158 e. The minimum absolute atomic E-state index is 0.835. The summed E-state index contributed by atoms with van der Waals surface area (Å²) in [4.78, 5) is 11.4. The first kappa shape index (κ1) is 12.8. The maximum absolute atomic E-state index is 4.67. The van der Waals surface area contributed by atoms with Gasteiger partial charge in [-0.15, -0.1) is 0 Å². The number of hydrogen-bond acceptors (Lipinski definition) is 4. The molecule has 0 aliphatic carbocycles. The topological polar surface area (TPSA) is 46.8 Å². The molecule has 0 spiro atoms. The highest BCUT2D eigenvalue weighted by molar-refractivity contribution is 5.87. The molecule has 0 saturated heterocycles. The van der Waals surface area contributed by atoms with Gasteiger partial charge in [-0.2, -0.15) is 5.10 Å². The lowest BCUT2D eigenvalue weighted by Gasteiger charge is -2.14. The molecular weight excluding hydrogens is 226 g/mol. The maximum atomic E-state index is 4.67. The summed E-state index contributed by atoms with van der Waals surface area (Å²) in [6, 6.07) is 0. The van der Waals surface area contributed by atoms with Crippen LogP contribution in [0.25, 0.3) is 11.0 Å². The van der Waals surface area contributed by atoms with Crippen LogP contribution >= 0.6 is 0 Å². The van der Waals surface area contributed by atoms with E-state index in [0.717, 1.165) is 47.8 Å². The summed E-state index contributed by atoms with van der Waals surface area (Å²) in [5.74, 6) is 1.87. The first-order chi connectivity index (χ1) is 8.58. The van der Waals surface area contributed by atoms with E-state index in [-0.39, 0.29) is 0 Å². The van der Waals surface area contributed by atoms with Gasteiger partial charge in [0.2, 0.25) is 0 Å². The van der Waals surface area contributed by atoms with Crippen molar-refractivity contribution < 1.29 is 0 Å². The molecule has 2 heterocycles. The predicted octanol–water partition coefficient (Wildman–Crippen LogP) is 2.17. The Balaban J connectivity index is 2.74. The fourth-order valence-electron chi connectivity index (χ4n) is 2.13. The molecule has 0 saturated carbocycles. The second-order valence-corrected chi connectivity index (χ2v) is 4.71.